The van der Waals surface area contributed by atoms with Crippen molar-refractivity contribution >= 4 is 11.6 Å². The van der Waals surface area contributed by atoms with Gasteiger partial charge in [0.1, 0.15) is 17.5 Å². The highest BCUT2D eigenvalue weighted by Crippen LogP contribution is 2.31. The van der Waals surface area contributed by atoms with Crippen molar-refractivity contribution in [3.05, 3.63) is 11.4 Å². The molecule has 0 aliphatic carbocycles. The van der Waals surface area contributed by atoms with E-state index in [0.29, 0.717) is 11.9 Å². The molecule has 2 N–H and O–H groups in total. The average molecular weight is 248 g/mol. The number of nitrogen functional groups attached to an aromatic ring is 1. The lowest BCUT2D eigenvalue weighted by atomic mass is 9.95. The van der Waals surface area contributed by atoms with E-state index in [1.54, 1.807) is 0 Å². The highest BCUT2D eigenvalue weighted by molar-refractivity contribution is 5.57. The third-order valence-corrected chi connectivity index (χ3v) is 3.65. The first-order chi connectivity index (χ1) is 8.30. The molecule has 0 bridgehead atoms. The van der Waals surface area contributed by atoms with Crippen LogP contribution in [0.4, 0.5) is 11.6 Å². The van der Waals surface area contributed by atoms with E-state index in [9.17, 15) is 0 Å². The lowest BCUT2D eigenvalue weighted by Gasteiger charge is -2.27. The van der Waals surface area contributed by atoms with Gasteiger partial charge < -0.3 is 10.6 Å². The van der Waals surface area contributed by atoms with Gasteiger partial charge in [-0.15, -0.1) is 0 Å². The molecule has 0 saturated carbocycles. The lowest BCUT2D eigenvalue weighted by molar-refractivity contribution is 0.543. The summed E-state index contributed by atoms with van der Waals surface area (Å²) < 4.78 is 0. The van der Waals surface area contributed by atoms with Gasteiger partial charge in [-0.25, -0.2) is 9.97 Å². The molecule has 1 atom stereocenters. The van der Waals surface area contributed by atoms with Crippen molar-refractivity contribution in [3.63, 3.8) is 0 Å². The summed E-state index contributed by atoms with van der Waals surface area (Å²) in [5, 5.41) is 0. The van der Waals surface area contributed by atoms with Crippen molar-refractivity contribution in [3.8, 4) is 0 Å². The molecule has 1 aliphatic rings. The fourth-order valence-corrected chi connectivity index (χ4v) is 2.38. The van der Waals surface area contributed by atoms with E-state index in [1.807, 2.05) is 6.92 Å². The number of anilines is 2. The molecule has 1 aliphatic heterocycles. The Labute approximate surface area is 110 Å². The molecule has 1 unspecified atom stereocenters. The van der Waals surface area contributed by atoms with Crippen molar-refractivity contribution < 1.29 is 0 Å². The van der Waals surface area contributed by atoms with E-state index in [4.69, 9.17) is 10.7 Å². The molecule has 18 heavy (non-hydrogen) atoms. The van der Waals surface area contributed by atoms with Crippen molar-refractivity contribution in [2.24, 2.45) is 0 Å². The number of nitrogens with two attached hydrogens (primary N) is 1. The van der Waals surface area contributed by atoms with Crippen molar-refractivity contribution in [1.82, 2.24) is 9.97 Å². The minimum atomic E-state index is -0.0699. The standard InChI is InChI=1S/C14H24N4/c1-9-7-6-8-18(9)12-10(2)11(15)16-13(17-12)14(3,4)5/h9H,6-8H2,1-5H3,(H2,15,16,17). The van der Waals surface area contributed by atoms with Crippen molar-refractivity contribution in [2.75, 3.05) is 17.2 Å². The number of rotatable bonds is 1. The molecule has 100 valence electrons. The summed E-state index contributed by atoms with van der Waals surface area (Å²) in [6, 6.07) is 0.547. The maximum atomic E-state index is 6.05. The van der Waals surface area contributed by atoms with Crippen LogP contribution in [0.3, 0.4) is 0 Å². The fraction of sp³-hybridized carbons (Fsp3) is 0.714. The zero-order valence-electron chi connectivity index (χ0n) is 12.1. The minimum Gasteiger partial charge on any atom is -0.383 e. The Morgan fingerprint density at radius 1 is 1.28 bits per heavy atom. The summed E-state index contributed by atoms with van der Waals surface area (Å²) in [6.45, 7) is 11.7. The molecule has 4 nitrogen and oxygen atoms in total. The summed E-state index contributed by atoms with van der Waals surface area (Å²) in [6.07, 6.45) is 2.46. The van der Waals surface area contributed by atoms with Crippen LogP contribution in [0, 0.1) is 6.92 Å². The SMILES string of the molecule is Cc1c(N)nc(C(C)(C)C)nc1N1CCCC1C. The van der Waals surface area contributed by atoms with E-state index in [1.165, 1.54) is 12.8 Å². The molecule has 1 aromatic heterocycles. The van der Waals surface area contributed by atoms with Gasteiger partial charge in [0.15, 0.2) is 0 Å². The number of aromatic nitrogens is 2. The Morgan fingerprint density at radius 3 is 2.44 bits per heavy atom. The Bertz CT molecular complexity index is 448. The first-order valence-corrected chi connectivity index (χ1v) is 6.72. The fourth-order valence-electron chi connectivity index (χ4n) is 2.38. The molecule has 1 aromatic rings. The van der Waals surface area contributed by atoms with Gasteiger partial charge in [0.25, 0.3) is 0 Å². The maximum Gasteiger partial charge on any atom is 0.138 e. The van der Waals surface area contributed by atoms with E-state index in [-0.39, 0.29) is 5.41 Å². The summed E-state index contributed by atoms with van der Waals surface area (Å²) in [5.41, 5.74) is 6.99. The van der Waals surface area contributed by atoms with Crippen LogP contribution < -0.4 is 10.6 Å². The number of nitrogens with zero attached hydrogens (tertiary/aromatic N) is 3. The Hall–Kier alpha value is -1.32. The predicted octanol–water partition coefficient (Wildman–Crippen LogP) is 2.65. The zero-order chi connectivity index (χ0) is 13.5. The summed E-state index contributed by atoms with van der Waals surface area (Å²) in [5.74, 6) is 2.47. The van der Waals surface area contributed by atoms with E-state index in [0.717, 1.165) is 23.8 Å². The van der Waals surface area contributed by atoms with Crippen LogP contribution in [-0.2, 0) is 5.41 Å². The summed E-state index contributed by atoms with van der Waals surface area (Å²) in [4.78, 5) is 11.6. The molecule has 0 spiro atoms. The van der Waals surface area contributed by atoms with Gasteiger partial charge in [-0.05, 0) is 26.7 Å². The van der Waals surface area contributed by atoms with Gasteiger partial charge in [-0.2, -0.15) is 0 Å². The second kappa shape index (κ2) is 4.41. The molecule has 4 heteroatoms. The second-order valence-electron chi connectivity index (χ2n) is 6.32. The van der Waals surface area contributed by atoms with Crippen LogP contribution in [0.2, 0.25) is 0 Å². The van der Waals surface area contributed by atoms with E-state index >= 15 is 0 Å². The van der Waals surface area contributed by atoms with Crippen LogP contribution in [-0.4, -0.2) is 22.6 Å². The molecule has 2 heterocycles. The Morgan fingerprint density at radius 2 is 1.94 bits per heavy atom. The van der Waals surface area contributed by atoms with Gasteiger partial charge in [-0.1, -0.05) is 20.8 Å². The number of hydrogen-bond donors (Lipinski definition) is 1. The van der Waals surface area contributed by atoms with Crippen LogP contribution >= 0.6 is 0 Å². The molecule has 2 rings (SSSR count). The van der Waals surface area contributed by atoms with Gasteiger partial charge >= 0.3 is 0 Å². The maximum absolute atomic E-state index is 6.05. The third-order valence-electron chi connectivity index (χ3n) is 3.65. The molecule has 0 amide bonds. The van der Waals surface area contributed by atoms with Crippen LogP contribution in [0.1, 0.15) is 51.9 Å². The first-order valence-electron chi connectivity index (χ1n) is 6.72. The molecular weight excluding hydrogens is 224 g/mol. The lowest BCUT2D eigenvalue weighted by Crippen LogP contribution is -2.30. The largest absolute Gasteiger partial charge is 0.383 e. The molecule has 0 radical (unpaired) electrons. The summed E-state index contributed by atoms with van der Waals surface area (Å²) >= 11 is 0. The highest BCUT2D eigenvalue weighted by atomic mass is 15.2. The summed E-state index contributed by atoms with van der Waals surface area (Å²) in [7, 11) is 0. The minimum absolute atomic E-state index is 0.0699. The second-order valence-corrected chi connectivity index (χ2v) is 6.32. The molecule has 0 aromatic carbocycles. The highest BCUT2D eigenvalue weighted by Gasteiger charge is 2.27. The Balaban J connectivity index is 2.49. The monoisotopic (exact) mass is 248 g/mol. The van der Waals surface area contributed by atoms with Gasteiger partial charge in [0.05, 0.1) is 0 Å². The van der Waals surface area contributed by atoms with Gasteiger partial charge in [0, 0.05) is 23.6 Å². The van der Waals surface area contributed by atoms with E-state index in [2.05, 4.69) is 37.6 Å². The Kier molecular flexibility index (Phi) is 3.21. The van der Waals surface area contributed by atoms with Crippen molar-refractivity contribution in [2.45, 2.75) is 58.9 Å². The quantitative estimate of drug-likeness (QED) is 0.830. The predicted molar refractivity (Wildman–Crippen MR) is 75.9 cm³/mol. The number of hydrogen-bond acceptors (Lipinski definition) is 4. The van der Waals surface area contributed by atoms with Crippen LogP contribution in [0.15, 0.2) is 0 Å². The van der Waals surface area contributed by atoms with Gasteiger partial charge in [-0.3, -0.25) is 0 Å². The first kappa shape index (κ1) is 13.1. The topological polar surface area (TPSA) is 55.0 Å². The van der Waals surface area contributed by atoms with Crippen molar-refractivity contribution in [1.29, 1.82) is 0 Å². The normalized spacial score (nSPS) is 20.5. The van der Waals surface area contributed by atoms with Crippen LogP contribution in [0.25, 0.3) is 0 Å². The average Bonchev–Trinajstić information content (AvgIpc) is 2.67. The third kappa shape index (κ3) is 2.28. The van der Waals surface area contributed by atoms with E-state index < -0.39 is 0 Å². The molecular formula is C14H24N4. The van der Waals surface area contributed by atoms with Gasteiger partial charge in [0.2, 0.25) is 0 Å². The zero-order valence-corrected chi connectivity index (χ0v) is 12.1. The smallest absolute Gasteiger partial charge is 0.138 e. The molecule has 1 fully saturated rings. The molecule has 1 saturated heterocycles. The van der Waals surface area contributed by atoms with Crippen LogP contribution in [0.5, 0.6) is 0 Å².